The third kappa shape index (κ3) is 6.51. The maximum Gasteiger partial charge on any atom is 0.416 e. The molecule has 0 aliphatic rings. The van der Waals surface area contributed by atoms with Crippen molar-refractivity contribution in [1.29, 1.82) is 0 Å². The van der Waals surface area contributed by atoms with Gasteiger partial charge in [0.1, 0.15) is 11.5 Å². The third-order valence-corrected chi connectivity index (χ3v) is 5.10. The monoisotopic (exact) mass is 491 g/mol. The van der Waals surface area contributed by atoms with Crippen molar-refractivity contribution >= 4 is 23.1 Å². The smallest absolute Gasteiger partial charge is 0.383 e. The lowest BCUT2D eigenvalue weighted by atomic mass is 10.2. The Bertz CT molecular complexity index is 1270. The predicted molar refractivity (Wildman–Crippen MR) is 125 cm³/mol. The fourth-order valence-corrected chi connectivity index (χ4v) is 3.42. The summed E-state index contributed by atoms with van der Waals surface area (Å²) < 4.78 is 44.5. The molecule has 0 unspecified atom stereocenters. The molecule has 186 valence electrons. The van der Waals surface area contributed by atoms with Crippen LogP contribution in [0.3, 0.4) is 0 Å². The number of nitrogens with zero attached hydrogens (tertiary/aromatic N) is 2. The standard InChI is InChI=1S/C23H24F3N5O4/c1-35-12-11-31-20(27)19(21(33)29-22(31)34)30(13-15-5-3-2-4-6-15)14-18(32)28-17-9-7-16(8-10-17)23(24,25)26/h2-10H,11-14,27H2,1H3,(H,28,32)(H,29,33,34). The molecule has 1 amide bonds. The minimum atomic E-state index is -4.50. The van der Waals surface area contributed by atoms with E-state index in [9.17, 15) is 27.6 Å². The Hall–Kier alpha value is -4.06. The number of amides is 1. The number of carbonyl (C=O) groups is 1. The highest BCUT2D eigenvalue weighted by molar-refractivity contribution is 5.94. The lowest BCUT2D eigenvalue weighted by Gasteiger charge is -2.26. The van der Waals surface area contributed by atoms with Crippen molar-refractivity contribution in [1.82, 2.24) is 9.55 Å². The molecule has 4 N–H and O–H groups in total. The Labute approximate surface area is 197 Å². The summed E-state index contributed by atoms with van der Waals surface area (Å²) in [5.41, 5.74) is 4.64. The molecular formula is C23H24F3N5O4. The number of anilines is 3. The van der Waals surface area contributed by atoms with Gasteiger partial charge in [-0.2, -0.15) is 13.2 Å². The van der Waals surface area contributed by atoms with E-state index in [1.54, 1.807) is 30.3 Å². The van der Waals surface area contributed by atoms with Crippen LogP contribution < -0.4 is 27.2 Å². The second kappa shape index (κ2) is 10.9. The molecule has 1 heterocycles. The van der Waals surface area contributed by atoms with Crippen LogP contribution >= 0.6 is 0 Å². The first-order valence-corrected chi connectivity index (χ1v) is 10.5. The molecule has 0 spiro atoms. The van der Waals surface area contributed by atoms with Gasteiger partial charge in [0.05, 0.1) is 25.3 Å². The quantitative estimate of drug-likeness (QED) is 0.423. The van der Waals surface area contributed by atoms with Gasteiger partial charge in [0, 0.05) is 19.3 Å². The first-order chi connectivity index (χ1) is 16.6. The van der Waals surface area contributed by atoms with E-state index >= 15 is 0 Å². The molecule has 35 heavy (non-hydrogen) atoms. The molecule has 2 aromatic carbocycles. The van der Waals surface area contributed by atoms with Gasteiger partial charge in [-0.15, -0.1) is 0 Å². The fourth-order valence-electron chi connectivity index (χ4n) is 3.42. The first kappa shape index (κ1) is 25.6. The van der Waals surface area contributed by atoms with Gasteiger partial charge in [-0.3, -0.25) is 19.1 Å². The highest BCUT2D eigenvalue weighted by atomic mass is 19.4. The number of nitrogen functional groups attached to an aromatic ring is 1. The van der Waals surface area contributed by atoms with E-state index in [2.05, 4.69) is 10.3 Å². The largest absolute Gasteiger partial charge is 0.416 e. The summed E-state index contributed by atoms with van der Waals surface area (Å²) >= 11 is 0. The van der Waals surface area contributed by atoms with Crippen LogP contribution in [0.1, 0.15) is 11.1 Å². The van der Waals surface area contributed by atoms with Crippen molar-refractivity contribution in [3.63, 3.8) is 0 Å². The zero-order valence-electron chi connectivity index (χ0n) is 18.8. The maximum atomic E-state index is 12.8. The average molecular weight is 491 g/mol. The number of ether oxygens (including phenoxy) is 1. The number of nitrogens with one attached hydrogen (secondary N) is 2. The number of aromatic amines is 1. The lowest BCUT2D eigenvalue weighted by Crippen LogP contribution is -2.41. The minimum absolute atomic E-state index is 0.0713. The van der Waals surface area contributed by atoms with Crippen LogP contribution in [0.4, 0.5) is 30.4 Å². The van der Waals surface area contributed by atoms with E-state index in [1.165, 1.54) is 12.0 Å². The van der Waals surface area contributed by atoms with Gasteiger partial charge in [-0.1, -0.05) is 30.3 Å². The molecule has 9 nitrogen and oxygen atoms in total. The van der Waals surface area contributed by atoms with Crippen molar-refractivity contribution in [3.05, 3.63) is 86.6 Å². The number of hydrogen-bond acceptors (Lipinski definition) is 6. The molecule has 0 radical (unpaired) electrons. The number of H-pyrrole nitrogens is 1. The molecule has 12 heteroatoms. The van der Waals surface area contributed by atoms with E-state index in [1.807, 2.05) is 0 Å². The number of halogens is 3. The second-order valence-electron chi connectivity index (χ2n) is 7.60. The molecule has 0 saturated carbocycles. The Morgan fingerprint density at radius 2 is 1.77 bits per heavy atom. The SMILES string of the molecule is COCCn1c(N)c(N(CC(=O)Nc2ccc(C(F)(F)F)cc2)Cc2ccccc2)c(=O)[nH]c1=O. The predicted octanol–water partition coefficient (Wildman–Crippen LogP) is 2.43. The summed E-state index contributed by atoms with van der Waals surface area (Å²) in [6, 6.07) is 12.9. The number of methoxy groups -OCH3 is 1. The number of hydrogen-bond donors (Lipinski definition) is 3. The number of aromatic nitrogens is 2. The van der Waals surface area contributed by atoms with Gasteiger partial charge in [-0.05, 0) is 29.8 Å². The highest BCUT2D eigenvalue weighted by Crippen LogP contribution is 2.29. The number of alkyl halides is 3. The molecular weight excluding hydrogens is 467 g/mol. The minimum Gasteiger partial charge on any atom is -0.383 e. The summed E-state index contributed by atoms with van der Waals surface area (Å²) in [7, 11) is 1.45. The topological polar surface area (TPSA) is 122 Å². The lowest BCUT2D eigenvalue weighted by molar-refractivity contribution is -0.137. The molecule has 0 saturated heterocycles. The molecule has 0 bridgehead atoms. The molecule has 0 aliphatic heterocycles. The Morgan fingerprint density at radius 1 is 1.11 bits per heavy atom. The van der Waals surface area contributed by atoms with E-state index in [0.29, 0.717) is 0 Å². The Kier molecular flexibility index (Phi) is 7.97. The van der Waals surface area contributed by atoms with Gasteiger partial charge >= 0.3 is 11.9 Å². The summed E-state index contributed by atoms with van der Waals surface area (Å²) in [5, 5.41) is 2.52. The molecule has 3 rings (SSSR count). The Balaban J connectivity index is 1.92. The number of rotatable bonds is 9. The van der Waals surface area contributed by atoms with Crippen LogP contribution in [-0.2, 0) is 28.8 Å². The highest BCUT2D eigenvalue weighted by Gasteiger charge is 2.30. The number of nitrogens with two attached hydrogens (primary N) is 1. The van der Waals surface area contributed by atoms with Gasteiger partial charge < -0.3 is 20.7 Å². The first-order valence-electron chi connectivity index (χ1n) is 10.5. The van der Waals surface area contributed by atoms with Crippen LogP contribution in [0.5, 0.6) is 0 Å². The normalized spacial score (nSPS) is 11.3. The summed E-state index contributed by atoms with van der Waals surface area (Å²) in [6.45, 7) is -0.0483. The van der Waals surface area contributed by atoms with E-state index in [0.717, 1.165) is 34.4 Å². The van der Waals surface area contributed by atoms with E-state index in [4.69, 9.17) is 10.5 Å². The third-order valence-electron chi connectivity index (χ3n) is 5.10. The zero-order valence-corrected chi connectivity index (χ0v) is 18.8. The number of benzene rings is 2. The molecule has 3 aromatic rings. The van der Waals surface area contributed by atoms with E-state index < -0.39 is 28.9 Å². The van der Waals surface area contributed by atoms with Crippen molar-refractivity contribution in [2.24, 2.45) is 0 Å². The summed E-state index contributed by atoms with van der Waals surface area (Å²) in [6.07, 6.45) is -4.50. The molecule has 0 aliphatic carbocycles. The van der Waals surface area contributed by atoms with Crippen molar-refractivity contribution in [2.45, 2.75) is 19.3 Å². The number of carbonyl (C=O) groups excluding carboxylic acids is 1. The van der Waals surface area contributed by atoms with Crippen molar-refractivity contribution < 1.29 is 22.7 Å². The molecule has 0 fully saturated rings. The van der Waals surface area contributed by atoms with Gasteiger partial charge in [0.15, 0.2) is 0 Å². The second-order valence-corrected chi connectivity index (χ2v) is 7.60. The van der Waals surface area contributed by atoms with Gasteiger partial charge in [-0.25, -0.2) is 4.79 Å². The maximum absolute atomic E-state index is 12.8. The van der Waals surface area contributed by atoms with Crippen molar-refractivity contribution in [3.8, 4) is 0 Å². The van der Waals surface area contributed by atoms with Gasteiger partial charge in [0.25, 0.3) is 5.56 Å². The van der Waals surface area contributed by atoms with Gasteiger partial charge in [0.2, 0.25) is 5.91 Å². The van der Waals surface area contributed by atoms with Crippen LogP contribution in [0, 0.1) is 0 Å². The summed E-state index contributed by atoms with van der Waals surface area (Å²) in [5.74, 6) is -0.747. The van der Waals surface area contributed by atoms with E-state index in [-0.39, 0.29) is 43.4 Å². The molecule has 1 aromatic heterocycles. The van der Waals surface area contributed by atoms with Crippen LogP contribution in [-0.4, -0.2) is 35.7 Å². The fraction of sp³-hybridized carbons (Fsp3) is 0.261. The zero-order chi connectivity index (χ0) is 25.6. The Morgan fingerprint density at radius 3 is 2.37 bits per heavy atom. The molecule has 0 atom stereocenters. The van der Waals surface area contributed by atoms with Crippen molar-refractivity contribution in [2.75, 3.05) is 36.2 Å². The van der Waals surface area contributed by atoms with Crippen LogP contribution in [0.2, 0.25) is 0 Å². The van der Waals surface area contributed by atoms with Crippen LogP contribution in [0.15, 0.2) is 64.2 Å². The summed E-state index contributed by atoms with van der Waals surface area (Å²) in [4.78, 5) is 41.4. The average Bonchev–Trinajstić information content (AvgIpc) is 2.79. The van der Waals surface area contributed by atoms with Crippen LogP contribution in [0.25, 0.3) is 0 Å².